The average molecular weight is 317 g/mol. The highest BCUT2D eigenvalue weighted by Gasteiger charge is 2.05. The lowest BCUT2D eigenvalue weighted by Crippen LogP contribution is -2.14. The number of rotatable bonds is 5. The first-order chi connectivity index (χ1) is 8.29. The van der Waals surface area contributed by atoms with Gasteiger partial charge in [0, 0.05) is 17.6 Å². The van der Waals surface area contributed by atoms with Gasteiger partial charge in [0.15, 0.2) is 0 Å². The number of halogens is 2. The SMILES string of the molecule is ClCOC(Br)COc1ccc2cccnc2c1. The van der Waals surface area contributed by atoms with Crippen molar-refractivity contribution in [2.75, 3.05) is 12.7 Å². The van der Waals surface area contributed by atoms with E-state index in [-0.39, 0.29) is 11.1 Å². The van der Waals surface area contributed by atoms with Crippen LogP contribution in [0.15, 0.2) is 36.5 Å². The Bertz CT molecular complexity index is 495. The lowest BCUT2D eigenvalue weighted by atomic mass is 10.2. The maximum atomic E-state index is 5.56. The van der Waals surface area contributed by atoms with E-state index in [0.717, 1.165) is 16.7 Å². The fraction of sp³-hybridized carbons (Fsp3) is 0.250. The molecule has 0 aliphatic heterocycles. The second-order valence-corrected chi connectivity index (χ2v) is 4.59. The van der Waals surface area contributed by atoms with Crippen LogP contribution in [0.3, 0.4) is 0 Å². The Hall–Kier alpha value is -0.840. The molecule has 1 aromatic heterocycles. The highest BCUT2D eigenvalue weighted by Crippen LogP contribution is 2.19. The number of pyridine rings is 1. The minimum absolute atomic E-state index is 0.137. The standard InChI is InChI=1S/C12H11BrClNO2/c13-12(17-8-14)7-16-10-4-3-9-2-1-5-15-11(9)6-10/h1-6,12H,7-8H2. The van der Waals surface area contributed by atoms with Gasteiger partial charge in [0.1, 0.15) is 23.4 Å². The van der Waals surface area contributed by atoms with Crippen LogP contribution >= 0.6 is 27.5 Å². The molecule has 1 unspecified atom stereocenters. The summed E-state index contributed by atoms with van der Waals surface area (Å²) in [5.41, 5.74) is 0.911. The third kappa shape index (κ3) is 3.56. The Morgan fingerprint density at radius 3 is 3.06 bits per heavy atom. The summed E-state index contributed by atoms with van der Waals surface area (Å²) >= 11 is 8.74. The van der Waals surface area contributed by atoms with Crippen LogP contribution in [0.2, 0.25) is 0 Å². The number of benzene rings is 1. The molecule has 2 aromatic rings. The zero-order valence-electron chi connectivity index (χ0n) is 8.98. The Morgan fingerprint density at radius 1 is 1.35 bits per heavy atom. The van der Waals surface area contributed by atoms with Crippen LogP contribution in [0.5, 0.6) is 5.75 Å². The molecule has 0 amide bonds. The first-order valence-electron chi connectivity index (χ1n) is 5.09. The maximum Gasteiger partial charge on any atom is 0.147 e. The van der Waals surface area contributed by atoms with E-state index in [1.807, 2.05) is 30.3 Å². The van der Waals surface area contributed by atoms with Gasteiger partial charge in [-0.3, -0.25) is 4.98 Å². The first-order valence-corrected chi connectivity index (χ1v) is 6.54. The molecule has 1 aromatic carbocycles. The normalized spacial score (nSPS) is 12.6. The van der Waals surface area contributed by atoms with E-state index in [2.05, 4.69) is 20.9 Å². The molecule has 0 aliphatic rings. The second-order valence-electron chi connectivity index (χ2n) is 3.35. The van der Waals surface area contributed by atoms with Gasteiger partial charge in [0.2, 0.25) is 0 Å². The molecule has 0 N–H and O–H groups in total. The van der Waals surface area contributed by atoms with E-state index in [0.29, 0.717) is 6.61 Å². The second kappa shape index (κ2) is 6.19. The van der Waals surface area contributed by atoms with Crippen molar-refractivity contribution in [1.29, 1.82) is 0 Å². The van der Waals surface area contributed by atoms with Crippen LogP contribution < -0.4 is 4.74 Å². The van der Waals surface area contributed by atoms with Crippen molar-refractivity contribution in [2.24, 2.45) is 0 Å². The lowest BCUT2D eigenvalue weighted by Gasteiger charge is -2.11. The van der Waals surface area contributed by atoms with Crippen molar-refractivity contribution < 1.29 is 9.47 Å². The molecule has 17 heavy (non-hydrogen) atoms. The molecule has 2 rings (SSSR count). The predicted octanol–water partition coefficient (Wildman–Crippen LogP) is 3.55. The van der Waals surface area contributed by atoms with Crippen molar-refractivity contribution in [3.8, 4) is 5.75 Å². The molecular weight excluding hydrogens is 305 g/mol. The molecule has 0 spiro atoms. The quantitative estimate of drug-likeness (QED) is 0.791. The third-order valence-electron chi connectivity index (χ3n) is 2.20. The minimum atomic E-state index is -0.209. The third-order valence-corrected chi connectivity index (χ3v) is 2.86. The van der Waals surface area contributed by atoms with Crippen LogP contribution in [0.1, 0.15) is 0 Å². The lowest BCUT2D eigenvalue weighted by molar-refractivity contribution is 0.112. The minimum Gasteiger partial charge on any atom is -0.490 e. The number of hydrogen-bond donors (Lipinski definition) is 0. The van der Waals surface area contributed by atoms with Gasteiger partial charge in [-0.25, -0.2) is 0 Å². The molecule has 1 atom stereocenters. The number of fused-ring (bicyclic) bond motifs is 1. The molecule has 0 saturated heterocycles. The highest BCUT2D eigenvalue weighted by atomic mass is 79.9. The topological polar surface area (TPSA) is 31.4 Å². The summed E-state index contributed by atoms with van der Waals surface area (Å²) in [4.78, 5) is 4.26. The number of alkyl halides is 2. The van der Waals surface area contributed by atoms with E-state index >= 15 is 0 Å². The van der Waals surface area contributed by atoms with Crippen molar-refractivity contribution in [2.45, 2.75) is 5.01 Å². The van der Waals surface area contributed by atoms with Crippen molar-refractivity contribution in [1.82, 2.24) is 4.98 Å². The Kier molecular flexibility index (Phi) is 4.59. The Morgan fingerprint density at radius 2 is 2.24 bits per heavy atom. The monoisotopic (exact) mass is 315 g/mol. The van der Waals surface area contributed by atoms with Gasteiger partial charge < -0.3 is 9.47 Å². The molecule has 1 heterocycles. The largest absolute Gasteiger partial charge is 0.490 e. The summed E-state index contributed by atoms with van der Waals surface area (Å²) in [5.74, 6) is 0.763. The van der Waals surface area contributed by atoms with Crippen LogP contribution in [-0.4, -0.2) is 22.7 Å². The number of hydrogen-bond acceptors (Lipinski definition) is 3. The average Bonchev–Trinajstić information content (AvgIpc) is 2.36. The van der Waals surface area contributed by atoms with E-state index in [4.69, 9.17) is 21.1 Å². The van der Waals surface area contributed by atoms with Gasteiger partial charge in [0.25, 0.3) is 0 Å². The fourth-order valence-electron chi connectivity index (χ4n) is 1.41. The summed E-state index contributed by atoms with van der Waals surface area (Å²) < 4.78 is 10.7. The fourth-order valence-corrected chi connectivity index (χ4v) is 1.98. The molecule has 0 radical (unpaired) electrons. The van der Waals surface area contributed by atoms with Gasteiger partial charge >= 0.3 is 0 Å². The Balaban J connectivity index is 2.04. The number of aromatic nitrogens is 1. The summed E-state index contributed by atoms with van der Waals surface area (Å²) in [6, 6.07) is 9.84. The molecule has 5 heteroatoms. The number of nitrogens with zero attached hydrogens (tertiary/aromatic N) is 1. The molecule has 3 nitrogen and oxygen atoms in total. The van der Waals surface area contributed by atoms with E-state index in [9.17, 15) is 0 Å². The maximum absolute atomic E-state index is 5.56. The molecular formula is C12H11BrClNO2. The first kappa shape index (κ1) is 12.6. The summed E-state index contributed by atoms with van der Waals surface area (Å²) in [7, 11) is 0. The summed E-state index contributed by atoms with van der Waals surface area (Å²) in [6.45, 7) is 0.394. The van der Waals surface area contributed by atoms with Crippen LogP contribution in [-0.2, 0) is 4.74 Å². The van der Waals surface area contributed by atoms with Gasteiger partial charge in [-0.2, -0.15) is 0 Å². The van der Waals surface area contributed by atoms with E-state index in [1.165, 1.54) is 0 Å². The van der Waals surface area contributed by atoms with Crippen molar-refractivity contribution in [3.63, 3.8) is 0 Å². The van der Waals surface area contributed by atoms with Crippen LogP contribution in [0, 0.1) is 0 Å². The Labute approximate surface area is 113 Å². The smallest absolute Gasteiger partial charge is 0.147 e. The van der Waals surface area contributed by atoms with Crippen molar-refractivity contribution >= 4 is 38.4 Å². The predicted molar refractivity (Wildman–Crippen MR) is 71.8 cm³/mol. The molecule has 90 valence electrons. The van der Waals surface area contributed by atoms with Gasteiger partial charge in [-0.15, -0.1) is 0 Å². The molecule has 0 aliphatic carbocycles. The molecule has 0 saturated carbocycles. The van der Waals surface area contributed by atoms with Gasteiger partial charge in [-0.05, 0) is 18.2 Å². The molecule has 0 bridgehead atoms. The number of ether oxygens (including phenoxy) is 2. The van der Waals surface area contributed by atoms with E-state index < -0.39 is 0 Å². The zero-order chi connectivity index (χ0) is 12.1. The summed E-state index contributed by atoms with van der Waals surface area (Å²) in [6.07, 6.45) is 1.76. The highest BCUT2D eigenvalue weighted by molar-refractivity contribution is 9.09. The van der Waals surface area contributed by atoms with Gasteiger partial charge in [-0.1, -0.05) is 33.6 Å². The zero-order valence-corrected chi connectivity index (χ0v) is 11.3. The van der Waals surface area contributed by atoms with E-state index in [1.54, 1.807) is 6.20 Å². The molecule has 0 fully saturated rings. The summed E-state index contributed by atoms with van der Waals surface area (Å²) in [5, 5.41) is 0.881. The van der Waals surface area contributed by atoms with Gasteiger partial charge in [0.05, 0.1) is 5.52 Å². The van der Waals surface area contributed by atoms with Crippen molar-refractivity contribution in [3.05, 3.63) is 36.5 Å². The van der Waals surface area contributed by atoms with Crippen LogP contribution in [0.4, 0.5) is 0 Å². The van der Waals surface area contributed by atoms with Crippen LogP contribution in [0.25, 0.3) is 10.9 Å².